The number of anilines is 1. The topological polar surface area (TPSA) is 72.1 Å². The zero-order valence-corrected chi connectivity index (χ0v) is 17.9. The summed E-state index contributed by atoms with van der Waals surface area (Å²) >= 11 is 3.11. The number of thioether (sulfide) groups is 1. The average molecular weight is 447 g/mol. The predicted molar refractivity (Wildman–Crippen MR) is 103 cm³/mol. The molecule has 2 aromatic rings. The van der Waals surface area contributed by atoms with Gasteiger partial charge in [-0.15, -0.1) is 11.8 Å². The molecule has 0 radical (unpaired) electrons. The smallest absolute Gasteiger partial charge is 0.329 e. The minimum absolute atomic E-state index is 0.0382. The third kappa shape index (κ3) is 3.35. The number of aromatic nitrogens is 3. The third-order valence-electron chi connectivity index (χ3n) is 6.36. The molecule has 0 unspecified atom stereocenters. The molecule has 1 amide bonds. The molecule has 0 aromatic carbocycles. The largest absolute Gasteiger partial charge is 0.471 e. The number of hydrogen-bond acceptors (Lipinski definition) is 7. The summed E-state index contributed by atoms with van der Waals surface area (Å²) in [5.74, 6) is -1.14. The summed E-state index contributed by atoms with van der Waals surface area (Å²) in [7, 11) is 1.75. The Kier molecular flexibility index (Phi) is 4.96. The minimum atomic E-state index is -4.64. The van der Waals surface area contributed by atoms with Gasteiger partial charge in [-0.1, -0.05) is 16.5 Å². The van der Waals surface area contributed by atoms with Crippen molar-refractivity contribution in [3.63, 3.8) is 0 Å². The molecule has 0 saturated heterocycles. The molecule has 6 nitrogen and oxygen atoms in total. The van der Waals surface area contributed by atoms with Gasteiger partial charge in [-0.05, 0) is 51.7 Å². The molecule has 0 atom stereocenters. The molecule has 3 fully saturated rings. The summed E-state index contributed by atoms with van der Waals surface area (Å²) in [5.41, 5.74) is -0.109. The van der Waals surface area contributed by atoms with Crippen molar-refractivity contribution in [2.24, 2.45) is 5.41 Å². The Labute approximate surface area is 174 Å². The van der Waals surface area contributed by atoms with Crippen molar-refractivity contribution in [1.29, 1.82) is 0 Å². The van der Waals surface area contributed by atoms with Gasteiger partial charge in [0.1, 0.15) is 0 Å². The van der Waals surface area contributed by atoms with Crippen molar-refractivity contribution >= 4 is 34.1 Å². The highest BCUT2D eigenvalue weighted by Crippen LogP contribution is 2.58. The first kappa shape index (κ1) is 20.6. The summed E-state index contributed by atoms with van der Waals surface area (Å²) in [4.78, 5) is 23.2. The first-order chi connectivity index (χ1) is 13.6. The Morgan fingerprint density at radius 2 is 1.79 bits per heavy atom. The van der Waals surface area contributed by atoms with Crippen LogP contribution in [0.5, 0.6) is 0 Å². The van der Waals surface area contributed by atoms with Crippen molar-refractivity contribution in [2.45, 2.75) is 61.2 Å². The fraction of sp³-hybridized carbons (Fsp3) is 0.667. The zero-order chi connectivity index (χ0) is 21.0. The molecular weight excluding hydrogens is 425 g/mol. The van der Waals surface area contributed by atoms with Gasteiger partial charge in [-0.25, -0.2) is 4.98 Å². The number of halogens is 3. The van der Waals surface area contributed by atoms with Crippen LogP contribution in [0.2, 0.25) is 0 Å². The van der Waals surface area contributed by atoms with Crippen molar-refractivity contribution in [3.05, 3.63) is 17.4 Å². The number of aryl methyl sites for hydroxylation is 1. The van der Waals surface area contributed by atoms with E-state index in [0.29, 0.717) is 43.7 Å². The van der Waals surface area contributed by atoms with Crippen molar-refractivity contribution in [1.82, 2.24) is 15.1 Å². The van der Waals surface area contributed by atoms with Gasteiger partial charge < -0.3 is 4.52 Å². The lowest BCUT2D eigenvalue weighted by molar-refractivity contribution is -0.159. The van der Waals surface area contributed by atoms with E-state index in [1.54, 1.807) is 23.7 Å². The molecule has 2 bridgehead atoms. The molecule has 0 spiro atoms. The van der Waals surface area contributed by atoms with Crippen molar-refractivity contribution in [3.8, 4) is 0 Å². The maximum Gasteiger partial charge on any atom is 0.471 e. The van der Waals surface area contributed by atoms with Crippen LogP contribution in [0.3, 0.4) is 0 Å². The summed E-state index contributed by atoms with van der Waals surface area (Å²) in [6.07, 6.45) is 0.885. The van der Waals surface area contributed by atoms with Crippen LogP contribution in [-0.4, -0.2) is 34.3 Å². The summed E-state index contributed by atoms with van der Waals surface area (Å²) in [6, 6.07) is 0. The van der Waals surface area contributed by atoms with E-state index in [4.69, 9.17) is 0 Å². The van der Waals surface area contributed by atoms with E-state index in [1.807, 2.05) is 13.2 Å². The Balaban J connectivity index is 1.52. The highest BCUT2D eigenvalue weighted by molar-refractivity contribution is 8.00. The Hall–Kier alpha value is -1.62. The number of hydrogen-bond donors (Lipinski definition) is 0. The van der Waals surface area contributed by atoms with Crippen LogP contribution in [-0.2, 0) is 16.4 Å². The van der Waals surface area contributed by atoms with E-state index in [-0.39, 0.29) is 11.7 Å². The van der Waals surface area contributed by atoms with Crippen LogP contribution in [0.25, 0.3) is 0 Å². The number of nitrogens with zero attached hydrogens (tertiary/aromatic N) is 4. The fourth-order valence-electron chi connectivity index (χ4n) is 4.54. The molecule has 29 heavy (non-hydrogen) atoms. The third-order valence-corrected chi connectivity index (χ3v) is 8.81. The van der Waals surface area contributed by atoms with Gasteiger partial charge in [-0.2, -0.15) is 18.2 Å². The second kappa shape index (κ2) is 6.97. The summed E-state index contributed by atoms with van der Waals surface area (Å²) in [6.45, 7) is 1.93. The molecule has 0 aliphatic heterocycles. The molecule has 2 heterocycles. The molecule has 3 saturated carbocycles. The van der Waals surface area contributed by atoms with Gasteiger partial charge in [0.15, 0.2) is 11.0 Å². The Bertz CT molecular complexity index is 915. The number of thiazole rings is 1. The van der Waals surface area contributed by atoms with Gasteiger partial charge in [0.25, 0.3) is 0 Å². The monoisotopic (exact) mass is 446 g/mol. The molecule has 11 heteroatoms. The van der Waals surface area contributed by atoms with E-state index >= 15 is 0 Å². The lowest BCUT2D eigenvalue weighted by Crippen LogP contribution is -2.52. The number of fused-ring (bicyclic) bond motifs is 3. The van der Waals surface area contributed by atoms with Gasteiger partial charge in [0.05, 0.1) is 9.90 Å². The second-order valence-corrected chi connectivity index (χ2v) is 9.97. The standard InChI is InChI=1S/C18H21F3N4O2S2/c1-10-11(28-3)29-15(22-10)25(2)14(26)17-7-4-16(5-8-17,6-9-17)12-23-13(27-24-12)18(19,20)21/h4-9H2,1-3H3. The van der Waals surface area contributed by atoms with Crippen LogP contribution in [0.4, 0.5) is 18.3 Å². The van der Waals surface area contributed by atoms with E-state index in [9.17, 15) is 18.0 Å². The molecule has 5 rings (SSSR count). The van der Waals surface area contributed by atoms with E-state index in [2.05, 4.69) is 19.6 Å². The first-order valence-corrected chi connectivity index (χ1v) is 11.4. The summed E-state index contributed by atoms with van der Waals surface area (Å²) in [5, 5.41) is 4.32. The van der Waals surface area contributed by atoms with Gasteiger partial charge in [0.2, 0.25) is 5.91 Å². The van der Waals surface area contributed by atoms with E-state index in [1.165, 1.54) is 11.3 Å². The zero-order valence-electron chi connectivity index (χ0n) is 16.3. The number of amides is 1. The van der Waals surface area contributed by atoms with Crippen LogP contribution in [0.15, 0.2) is 8.73 Å². The van der Waals surface area contributed by atoms with Gasteiger partial charge in [0, 0.05) is 17.9 Å². The summed E-state index contributed by atoms with van der Waals surface area (Å²) < 4.78 is 44.0. The average Bonchev–Trinajstić information content (AvgIpc) is 3.35. The minimum Gasteiger partial charge on any atom is -0.329 e. The second-order valence-electron chi connectivity index (χ2n) is 7.92. The molecular formula is C18H21F3N4O2S2. The normalized spacial score (nSPS) is 26.7. The van der Waals surface area contributed by atoms with E-state index < -0.39 is 22.9 Å². The van der Waals surface area contributed by atoms with Crippen molar-refractivity contribution < 1.29 is 22.5 Å². The van der Waals surface area contributed by atoms with Gasteiger partial charge >= 0.3 is 12.1 Å². The molecule has 3 aliphatic rings. The highest BCUT2D eigenvalue weighted by Gasteiger charge is 2.56. The molecule has 0 N–H and O–H groups in total. The predicted octanol–water partition coefficient (Wildman–Crippen LogP) is 4.83. The first-order valence-electron chi connectivity index (χ1n) is 9.31. The lowest BCUT2D eigenvalue weighted by Gasteiger charge is -2.51. The number of carbonyl (C=O) groups is 1. The fourth-order valence-corrected chi connectivity index (χ4v) is 6.20. The van der Waals surface area contributed by atoms with E-state index in [0.717, 1.165) is 9.90 Å². The molecule has 3 aliphatic carbocycles. The highest BCUT2D eigenvalue weighted by atomic mass is 32.2. The molecule has 158 valence electrons. The Morgan fingerprint density at radius 3 is 2.28 bits per heavy atom. The number of rotatable bonds is 4. The quantitative estimate of drug-likeness (QED) is 0.627. The van der Waals surface area contributed by atoms with Crippen LogP contribution < -0.4 is 4.90 Å². The SMILES string of the molecule is CSc1sc(N(C)C(=O)C23CCC(c4noc(C(F)(F)F)n4)(CC2)CC3)nc1C. The van der Waals surface area contributed by atoms with Crippen LogP contribution >= 0.6 is 23.1 Å². The van der Waals surface area contributed by atoms with Crippen LogP contribution in [0.1, 0.15) is 55.9 Å². The maximum absolute atomic E-state index is 13.3. The molecule has 2 aromatic heterocycles. The van der Waals surface area contributed by atoms with Crippen LogP contribution in [0, 0.1) is 12.3 Å². The number of alkyl halides is 3. The maximum atomic E-state index is 13.3. The lowest BCUT2D eigenvalue weighted by atomic mass is 9.53. The number of carbonyl (C=O) groups excluding carboxylic acids is 1. The van der Waals surface area contributed by atoms with Crippen molar-refractivity contribution in [2.75, 3.05) is 18.2 Å². The Morgan fingerprint density at radius 1 is 1.17 bits per heavy atom. The van der Waals surface area contributed by atoms with Gasteiger partial charge in [-0.3, -0.25) is 9.69 Å².